The molecule has 1 aromatic carbocycles. The number of nitrogens with one attached hydrogen (secondary N) is 1. The highest BCUT2D eigenvalue weighted by atomic mass is 16.5. The Morgan fingerprint density at radius 1 is 1.21 bits per heavy atom. The summed E-state index contributed by atoms with van der Waals surface area (Å²) < 4.78 is 10.6. The third-order valence-electron chi connectivity index (χ3n) is 4.09. The predicted molar refractivity (Wildman–Crippen MR) is 91.4 cm³/mol. The lowest BCUT2D eigenvalue weighted by Crippen LogP contribution is -2.51. The second-order valence-electron chi connectivity index (χ2n) is 6.32. The first-order valence-corrected chi connectivity index (χ1v) is 8.06. The van der Waals surface area contributed by atoms with Gasteiger partial charge in [-0.3, -0.25) is 9.59 Å². The zero-order valence-electron chi connectivity index (χ0n) is 14.8. The van der Waals surface area contributed by atoms with Crippen LogP contribution in [0.25, 0.3) is 0 Å². The fraction of sp³-hybridized carbons (Fsp3) is 0.556. The van der Waals surface area contributed by atoms with E-state index in [4.69, 9.17) is 14.6 Å². The summed E-state index contributed by atoms with van der Waals surface area (Å²) in [5, 5.41) is 11.9. The summed E-state index contributed by atoms with van der Waals surface area (Å²) in [6.45, 7) is 5.97. The van der Waals surface area contributed by atoms with Crippen LogP contribution in [-0.2, 0) is 9.59 Å². The van der Waals surface area contributed by atoms with Crippen molar-refractivity contribution in [3.8, 4) is 11.5 Å². The monoisotopic (exact) mass is 337 g/mol. The van der Waals surface area contributed by atoms with Gasteiger partial charge in [-0.15, -0.1) is 0 Å². The van der Waals surface area contributed by atoms with E-state index >= 15 is 0 Å². The fourth-order valence-electron chi connectivity index (χ4n) is 2.18. The molecule has 1 aromatic rings. The molecule has 0 aliphatic rings. The summed E-state index contributed by atoms with van der Waals surface area (Å²) in [6.07, 6.45) is 0.746. The lowest BCUT2D eigenvalue weighted by atomic mass is 9.85. The first-order valence-electron chi connectivity index (χ1n) is 8.06. The number of carbonyl (C=O) groups is 2. The van der Waals surface area contributed by atoms with E-state index in [0.717, 1.165) is 5.75 Å². The molecule has 0 spiro atoms. The molecule has 0 bridgehead atoms. The number of benzene rings is 1. The molecule has 2 N–H and O–H groups in total. The second-order valence-corrected chi connectivity index (χ2v) is 6.32. The molecule has 0 aliphatic carbocycles. The third-order valence-corrected chi connectivity index (χ3v) is 4.09. The Bertz CT molecular complexity index is 541. The van der Waals surface area contributed by atoms with Crippen LogP contribution >= 0.6 is 0 Å². The maximum Gasteiger partial charge on any atom is 0.305 e. The number of ether oxygens (including phenoxy) is 2. The van der Waals surface area contributed by atoms with Crippen LogP contribution in [0.1, 0.15) is 40.0 Å². The van der Waals surface area contributed by atoms with Crippen LogP contribution in [0, 0.1) is 5.92 Å². The first-order chi connectivity index (χ1) is 11.3. The summed E-state index contributed by atoms with van der Waals surface area (Å²) in [5.41, 5.74) is -0.750. The van der Waals surface area contributed by atoms with Crippen molar-refractivity contribution < 1.29 is 24.2 Å². The number of amides is 1. The van der Waals surface area contributed by atoms with Crippen LogP contribution in [0.2, 0.25) is 0 Å². The van der Waals surface area contributed by atoms with Crippen LogP contribution < -0.4 is 14.8 Å². The molecule has 1 atom stereocenters. The summed E-state index contributed by atoms with van der Waals surface area (Å²) in [4.78, 5) is 23.0. The molecule has 1 amide bonds. The van der Waals surface area contributed by atoms with Crippen molar-refractivity contribution in [3.05, 3.63) is 24.3 Å². The van der Waals surface area contributed by atoms with E-state index in [0.29, 0.717) is 18.8 Å². The maximum atomic E-state index is 12.1. The molecule has 1 rings (SSSR count). The Morgan fingerprint density at radius 3 is 2.29 bits per heavy atom. The number of carbonyl (C=O) groups excluding carboxylic acids is 1. The van der Waals surface area contributed by atoms with Gasteiger partial charge in [0.15, 0.2) is 0 Å². The molecule has 1 unspecified atom stereocenters. The summed E-state index contributed by atoms with van der Waals surface area (Å²) >= 11 is 0. The fourth-order valence-corrected chi connectivity index (χ4v) is 2.18. The van der Waals surface area contributed by atoms with Gasteiger partial charge in [0, 0.05) is 12.0 Å². The van der Waals surface area contributed by atoms with Crippen molar-refractivity contribution in [2.24, 2.45) is 5.92 Å². The largest absolute Gasteiger partial charge is 0.497 e. The average molecular weight is 337 g/mol. The van der Waals surface area contributed by atoms with Gasteiger partial charge in [0.25, 0.3) is 0 Å². The Hall–Kier alpha value is -2.24. The maximum absolute atomic E-state index is 12.1. The number of hydrogen-bond donors (Lipinski definition) is 2. The molecular weight excluding hydrogens is 310 g/mol. The van der Waals surface area contributed by atoms with Crippen LogP contribution in [0.15, 0.2) is 24.3 Å². The first kappa shape index (κ1) is 19.8. The molecule has 0 heterocycles. The summed E-state index contributed by atoms with van der Waals surface area (Å²) in [5.74, 6) is 0.412. The summed E-state index contributed by atoms with van der Waals surface area (Å²) in [6, 6.07) is 7.23. The van der Waals surface area contributed by atoms with E-state index in [2.05, 4.69) is 5.32 Å². The van der Waals surface area contributed by atoms with E-state index in [-0.39, 0.29) is 24.7 Å². The lowest BCUT2D eigenvalue weighted by molar-refractivity contribution is -0.139. The number of aliphatic carboxylic acids is 1. The van der Waals surface area contributed by atoms with Crippen LogP contribution in [-0.4, -0.2) is 36.2 Å². The zero-order valence-corrected chi connectivity index (χ0v) is 14.8. The molecule has 6 nitrogen and oxygen atoms in total. The highest BCUT2D eigenvalue weighted by Crippen LogP contribution is 2.21. The van der Waals surface area contributed by atoms with Crippen molar-refractivity contribution >= 4 is 11.9 Å². The normalized spacial score (nSPS) is 13.2. The van der Waals surface area contributed by atoms with Gasteiger partial charge >= 0.3 is 5.97 Å². The predicted octanol–water partition coefficient (Wildman–Crippen LogP) is 2.86. The molecule has 0 saturated heterocycles. The second kappa shape index (κ2) is 9.15. The van der Waals surface area contributed by atoms with E-state index in [9.17, 15) is 9.59 Å². The topological polar surface area (TPSA) is 84.9 Å². The van der Waals surface area contributed by atoms with Gasteiger partial charge in [0.1, 0.15) is 11.5 Å². The van der Waals surface area contributed by atoms with E-state index in [1.165, 1.54) is 0 Å². The van der Waals surface area contributed by atoms with Gasteiger partial charge in [0.2, 0.25) is 5.91 Å². The number of carboxylic acids is 1. The van der Waals surface area contributed by atoms with Gasteiger partial charge in [-0.1, -0.05) is 13.8 Å². The van der Waals surface area contributed by atoms with Gasteiger partial charge in [-0.25, -0.2) is 0 Å². The molecule has 134 valence electrons. The minimum absolute atomic E-state index is 0.0214. The Labute approximate surface area is 143 Å². The van der Waals surface area contributed by atoms with Gasteiger partial charge in [0.05, 0.1) is 20.1 Å². The standard InChI is InChI=1S/C18H27NO5/c1-13(2)18(3,12-17(21)22)19-16(20)6-5-11-24-15-9-7-14(23-4)8-10-15/h7-10,13H,5-6,11-12H2,1-4H3,(H,19,20)(H,21,22). The van der Waals surface area contributed by atoms with Gasteiger partial charge in [-0.05, 0) is 43.5 Å². The van der Waals surface area contributed by atoms with Crippen molar-refractivity contribution in [2.45, 2.75) is 45.6 Å². The zero-order chi connectivity index (χ0) is 18.2. The Balaban J connectivity index is 2.38. The highest BCUT2D eigenvalue weighted by Gasteiger charge is 2.32. The third kappa shape index (κ3) is 6.48. The SMILES string of the molecule is COc1ccc(OCCCC(=O)NC(C)(CC(=O)O)C(C)C)cc1. The Kier molecular flexibility index (Phi) is 7.55. The summed E-state index contributed by atoms with van der Waals surface area (Å²) in [7, 11) is 1.60. The molecule has 6 heteroatoms. The van der Waals surface area contributed by atoms with Crippen molar-refractivity contribution in [1.82, 2.24) is 5.32 Å². The van der Waals surface area contributed by atoms with Gasteiger partial charge < -0.3 is 19.9 Å². The lowest BCUT2D eigenvalue weighted by Gasteiger charge is -2.33. The number of methoxy groups -OCH3 is 1. The minimum atomic E-state index is -0.922. The number of carboxylic acid groups (broad SMARTS) is 1. The molecule has 0 radical (unpaired) electrons. The van der Waals surface area contributed by atoms with E-state index < -0.39 is 11.5 Å². The smallest absolute Gasteiger partial charge is 0.305 e. The van der Waals surface area contributed by atoms with Crippen molar-refractivity contribution in [3.63, 3.8) is 0 Å². The van der Waals surface area contributed by atoms with Crippen molar-refractivity contribution in [2.75, 3.05) is 13.7 Å². The van der Waals surface area contributed by atoms with Crippen LogP contribution in [0.4, 0.5) is 0 Å². The quantitative estimate of drug-likeness (QED) is 0.641. The van der Waals surface area contributed by atoms with Crippen LogP contribution in [0.5, 0.6) is 11.5 Å². The highest BCUT2D eigenvalue weighted by molar-refractivity contribution is 5.78. The molecule has 0 saturated carbocycles. The average Bonchev–Trinajstić information content (AvgIpc) is 2.51. The number of rotatable bonds is 10. The van der Waals surface area contributed by atoms with Gasteiger partial charge in [-0.2, -0.15) is 0 Å². The number of hydrogen-bond acceptors (Lipinski definition) is 4. The van der Waals surface area contributed by atoms with Crippen LogP contribution in [0.3, 0.4) is 0 Å². The Morgan fingerprint density at radius 2 is 1.79 bits per heavy atom. The molecule has 24 heavy (non-hydrogen) atoms. The molecule has 0 fully saturated rings. The molecular formula is C18H27NO5. The molecule has 0 aliphatic heterocycles. The van der Waals surface area contributed by atoms with E-state index in [1.807, 2.05) is 38.1 Å². The van der Waals surface area contributed by atoms with E-state index in [1.54, 1.807) is 14.0 Å². The molecule has 0 aromatic heterocycles. The van der Waals surface area contributed by atoms with Crippen molar-refractivity contribution in [1.29, 1.82) is 0 Å². The minimum Gasteiger partial charge on any atom is -0.497 e.